The monoisotopic (exact) mass is 148 g/mol. The number of rotatable bonds is 3. The van der Waals surface area contributed by atoms with Crippen molar-refractivity contribution in [1.29, 1.82) is 0 Å². The molecule has 1 atom stereocenters. The summed E-state index contributed by atoms with van der Waals surface area (Å²) in [6, 6.07) is 0. The lowest BCUT2D eigenvalue weighted by atomic mass is 10.1. The zero-order chi connectivity index (χ0) is 7.44. The molecule has 0 aromatic heterocycles. The Bertz CT molecular complexity index is 101. The lowest BCUT2D eigenvalue weighted by Crippen LogP contribution is -2.15. The first-order valence-electron chi connectivity index (χ1n) is 2.95. The van der Waals surface area contributed by atoms with Gasteiger partial charge in [-0.1, -0.05) is 13.8 Å². The maximum absolute atomic E-state index is 10.2. The van der Waals surface area contributed by atoms with Crippen LogP contribution >= 0.6 is 12.6 Å². The van der Waals surface area contributed by atoms with E-state index in [1.807, 2.05) is 13.8 Å². The molecule has 0 aliphatic rings. The highest BCUT2D eigenvalue weighted by Gasteiger charge is 2.12. The SMILES string of the molecule is CC(C)C[C@H](S)C(=O)O. The van der Waals surface area contributed by atoms with Gasteiger partial charge in [0.1, 0.15) is 0 Å². The van der Waals surface area contributed by atoms with Gasteiger partial charge in [-0.05, 0) is 12.3 Å². The van der Waals surface area contributed by atoms with Crippen molar-refractivity contribution in [2.75, 3.05) is 0 Å². The van der Waals surface area contributed by atoms with Gasteiger partial charge in [0.2, 0.25) is 0 Å². The summed E-state index contributed by atoms with van der Waals surface area (Å²) in [5.74, 6) is -0.421. The Balaban J connectivity index is 3.50. The number of aliphatic carboxylic acids is 1. The van der Waals surface area contributed by atoms with Gasteiger partial charge < -0.3 is 5.11 Å². The van der Waals surface area contributed by atoms with Gasteiger partial charge in [0, 0.05) is 0 Å². The van der Waals surface area contributed by atoms with Gasteiger partial charge in [-0.25, -0.2) is 0 Å². The van der Waals surface area contributed by atoms with Crippen molar-refractivity contribution in [3.63, 3.8) is 0 Å². The highest BCUT2D eigenvalue weighted by atomic mass is 32.1. The van der Waals surface area contributed by atoms with Crippen LogP contribution in [0.4, 0.5) is 0 Å². The van der Waals surface area contributed by atoms with Gasteiger partial charge in [0.15, 0.2) is 0 Å². The van der Waals surface area contributed by atoms with Gasteiger partial charge in [-0.3, -0.25) is 4.79 Å². The van der Waals surface area contributed by atoms with E-state index in [1.54, 1.807) is 0 Å². The standard InChI is InChI=1S/C6H12O2S/c1-4(2)3-5(9)6(7)8/h4-5,9H,3H2,1-2H3,(H,7,8)/t5-/m0/s1. The minimum atomic E-state index is -0.827. The fourth-order valence-electron chi connectivity index (χ4n) is 0.547. The summed E-state index contributed by atoms with van der Waals surface area (Å²) >= 11 is 3.86. The molecular formula is C6H12O2S. The molecule has 0 unspecified atom stereocenters. The van der Waals surface area contributed by atoms with Crippen molar-refractivity contribution < 1.29 is 9.90 Å². The average molecular weight is 148 g/mol. The Morgan fingerprint density at radius 1 is 1.67 bits per heavy atom. The number of thiol groups is 1. The van der Waals surface area contributed by atoms with Gasteiger partial charge in [-0.2, -0.15) is 12.6 Å². The minimum Gasteiger partial charge on any atom is -0.480 e. The zero-order valence-electron chi connectivity index (χ0n) is 5.66. The molecule has 0 aromatic rings. The quantitative estimate of drug-likeness (QED) is 0.594. The average Bonchev–Trinajstić information content (AvgIpc) is 1.63. The molecule has 2 nitrogen and oxygen atoms in total. The molecule has 0 aliphatic heterocycles. The third-order valence-corrected chi connectivity index (χ3v) is 1.41. The van der Waals surface area contributed by atoms with Crippen LogP contribution in [0, 0.1) is 5.92 Å². The van der Waals surface area contributed by atoms with Crippen LogP contribution in [0.3, 0.4) is 0 Å². The van der Waals surface area contributed by atoms with Crippen molar-refractivity contribution in [3.8, 4) is 0 Å². The fraction of sp³-hybridized carbons (Fsp3) is 0.833. The van der Waals surface area contributed by atoms with Crippen LogP contribution in [0.5, 0.6) is 0 Å². The molecule has 0 amide bonds. The van der Waals surface area contributed by atoms with Crippen LogP contribution in [0.25, 0.3) is 0 Å². The zero-order valence-corrected chi connectivity index (χ0v) is 6.56. The van der Waals surface area contributed by atoms with E-state index >= 15 is 0 Å². The fourth-order valence-corrected chi connectivity index (χ4v) is 0.969. The summed E-state index contributed by atoms with van der Waals surface area (Å²) in [7, 11) is 0. The summed E-state index contributed by atoms with van der Waals surface area (Å²) in [5, 5.41) is 7.86. The second kappa shape index (κ2) is 3.77. The number of carbonyl (C=O) groups is 1. The smallest absolute Gasteiger partial charge is 0.316 e. The number of carboxylic acids is 1. The lowest BCUT2D eigenvalue weighted by molar-refractivity contribution is -0.136. The largest absolute Gasteiger partial charge is 0.480 e. The predicted octanol–water partition coefficient (Wildman–Crippen LogP) is 1.42. The first-order chi connectivity index (χ1) is 4.04. The van der Waals surface area contributed by atoms with Crippen LogP contribution in [-0.2, 0) is 4.79 Å². The second-order valence-electron chi connectivity index (χ2n) is 2.48. The molecule has 0 radical (unpaired) electrons. The third-order valence-electron chi connectivity index (χ3n) is 0.980. The molecule has 9 heavy (non-hydrogen) atoms. The van der Waals surface area contributed by atoms with Gasteiger partial charge in [-0.15, -0.1) is 0 Å². The molecule has 0 spiro atoms. The highest BCUT2D eigenvalue weighted by Crippen LogP contribution is 2.09. The Kier molecular flexibility index (Phi) is 3.70. The third kappa shape index (κ3) is 4.33. The number of hydrogen-bond donors (Lipinski definition) is 2. The molecule has 0 heterocycles. The Hall–Kier alpha value is -0.180. The topological polar surface area (TPSA) is 37.3 Å². The number of carboxylic acid groups (broad SMARTS) is 1. The van der Waals surface area contributed by atoms with E-state index in [1.165, 1.54) is 0 Å². The molecule has 0 saturated heterocycles. The van der Waals surface area contributed by atoms with Crippen molar-refractivity contribution >= 4 is 18.6 Å². The normalized spacial score (nSPS) is 13.8. The summed E-state index contributed by atoms with van der Waals surface area (Å²) in [6.45, 7) is 3.96. The summed E-state index contributed by atoms with van der Waals surface area (Å²) in [4.78, 5) is 10.2. The molecule has 1 N–H and O–H groups in total. The molecular weight excluding hydrogens is 136 g/mol. The highest BCUT2D eigenvalue weighted by molar-refractivity contribution is 7.81. The first kappa shape index (κ1) is 8.82. The van der Waals surface area contributed by atoms with E-state index in [-0.39, 0.29) is 0 Å². The maximum atomic E-state index is 10.2. The predicted molar refractivity (Wildman–Crippen MR) is 39.9 cm³/mol. The Labute approximate surface area is 60.7 Å². The van der Waals surface area contributed by atoms with Gasteiger partial charge in [0.05, 0.1) is 5.25 Å². The lowest BCUT2D eigenvalue weighted by Gasteiger charge is -2.06. The van der Waals surface area contributed by atoms with Crippen LogP contribution in [-0.4, -0.2) is 16.3 Å². The van der Waals surface area contributed by atoms with Crippen molar-refractivity contribution in [2.45, 2.75) is 25.5 Å². The first-order valence-corrected chi connectivity index (χ1v) is 3.46. The van der Waals surface area contributed by atoms with E-state index in [2.05, 4.69) is 12.6 Å². The van der Waals surface area contributed by atoms with E-state index in [4.69, 9.17) is 5.11 Å². The second-order valence-corrected chi connectivity index (χ2v) is 3.11. The molecule has 0 bridgehead atoms. The minimum absolute atomic E-state index is 0.406. The van der Waals surface area contributed by atoms with Crippen LogP contribution in [0.1, 0.15) is 20.3 Å². The summed E-state index contributed by atoms with van der Waals surface area (Å²) in [5.41, 5.74) is 0. The molecule has 0 aromatic carbocycles. The number of hydrogen-bond acceptors (Lipinski definition) is 2. The molecule has 0 fully saturated rings. The van der Waals surface area contributed by atoms with Gasteiger partial charge in [0.25, 0.3) is 0 Å². The molecule has 0 aliphatic carbocycles. The van der Waals surface area contributed by atoms with E-state index in [9.17, 15) is 4.79 Å². The van der Waals surface area contributed by atoms with Crippen molar-refractivity contribution in [1.82, 2.24) is 0 Å². The maximum Gasteiger partial charge on any atom is 0.316 e. The van der Waals surface area contributed by atoms with E-state index in [0.29, 0.717) is 12.3 Å². The van der Waals surface area contributed by atoms with Gasteiger partial charge >= 0.3 is 5.97 Å². The Morgan fingerprint density at radius 2 is 2.11 bits per heavy atom. The summed E-state index contributed by atoms with van der Waals surface area (Å²) < 4.78 is 0. The van der Waals surface area contributed by atoms with Crippen LogP contribution < -0.4 is 0 Å². The Morgan fingerprint density at radius 3 is 2.22 bits per heavy atom. The van der Waals surface area contributed by atoms with Crippen LogP contribution in [0.15, 0.2) is 0 Å². The van der Waals surface area contributed by atoms with Crippen molar-refractivity contribution in [2.24, 2.45) is 5.92 Å². The van der Waals surface area contributed by atoms with E-state index < -0.39 is 11.2 Å². The van der Waals surface area contributed by atoms with Crippen molar-refractivity contribution in [3.05, 3.63) is 0 Å². The van der Waals surface area contributed by atoms with E-state index in [0.717, 1.165) is 0 Å². The molecule has 0 rings (SSSR count). The molecule has 0 saturated carbocycles. The summed E-state index contributed by atoms with van der Waals surface area (Å²) in [6.07, 6.45) is 0.637. The molecule has 54 valence electrons. The van der Waals surface area contributed by atoms with Crippen LogP contribution in [0.2, 0.25) is 0 Å². The molecule has 3 heteroatoms.